The smallest absolute Gasteiger partial charge is 0.317 e. The molecule has 1 saturated heterocycles. The average Bonchev–Trinajstić information content (AvgIpc) is 2.71. The van der Waals surface area contributed by atoms with Gasteiger partial charge in [-0.1, -0.05) is 12.8 Å². The predicted octanol–water partition coefficient (Wildman–Crippen LogP) is 0.370. The second-order valence-corrected chi connectivity index (χ2v) is 6.24. The molecule has 0 spiro atoms. The molecule has 0 radical (unpaired) electrons. The van der Waals surface area contributed by atoms with Gasteiger partial charge in [-0.3, -0.25) is 14.5 Å². The Hall–Kier alpha value is -1.14. The highest BCUT2D eigenvalue weighted by Crippen LogP contribution is 2.31. The van der Waals surface area contributed by atoms with E-state index in [2.05, 4.69) is 0 Å². The number of carbonyl (C=O) groups is 2. The fraction of sp³-hybridized carbons (Fsp3) is 0.867. The van der Waals surface area contributed by atoms with Crippen molar-refractivity contribution in [1.29, 1.82) is 0 Å². The van der Waals surface area contributed by atoms with Crippen LogP contribution in [0.25, 0.3) is 0 Å². The second kappa shape index (κ2) is 7.75. The number of nitrogens with two attached hydrogens (primary N) is 1. The summed E-state index contributed by atoms with van der Waals surface area (Å²) in [5.74, 6) is -0.160. The van der Waals surface area contributed by atoms with Crippen LogP contribution in [0.3, 0.4) is 0 Å². The summed E-state index contributed by atoms with van der Waals surface area (Å²) in [6, 6.07) is 0. The van der Waals surface area contributed by atoms with E-state index in [0.717, 1.165) is 38.8 Å². The van der Waals surface area contributed by atoms with Gasteiger partial charge in [-0.25, -0.2) is 0 Å². The van der Waals surface area contributed by atoms with Gasteiger partial charge in [-0.05, 0) is 31.7 Å². The Morgan fingerprint density at radius 3 is 2.52 bits per heavy atom. The molecule has 0 aromatic rings. The Morgan fingerprint density at radius 1 is 1.05 bits per heavy atom. The maximum absolute atomic E-state index is 12.7. The average molecular weight is 297 g/mol. The molecular formula is C15H27N3O3. The Labute approximate surface area is 126 Å². The van der Waals surface area contributed by atoms with Crippen LogP contribution in [-0.2, 0) is 9.59 Å². The lowest BCUT2D eigenvalue weighted by Gasteiger charge is -2.33. The molecule has 2 atom stereocenters. The lowest BCUT2D eigenvalue weighted by Crippen LogP contribution is -2.44. The molecule has 0 aromatic carbocycles. The summed E-state index contributed by atoms with van der Waals surface area (Å²) in [5.41, 5.74) is 5.82. The molecule has 1 aliphatic carbocycles. The quantitative estimate of drug-likeness (QED) is 0.783. The Morgan fingerprint density at radius 2 is 1.81 bits per heavy atom. The monoisotopic (exact) mass is 297 g/mol. The van der Waals surface area contributed by atoms with Gasteiger partial charge in [-0.15, -0.1) is 0 Å². The number of amides is 1. The van der Waals surface area contributed by atoms with Crippen molar-refractivity contribution >= 4 is 11.9 Å². The summed E-state index contributed by atoms with van der Waals surface area (Å²) in [6.07, 6.45) is 5.16. The zero-order chi connectivity index (χ0) is 15.2. The minimum atomic E-state index is -0.801. The van der Waals surface area contributed by atoms with E-state index in [1.165, 1.54) is 6.42 Å². The van der Waals surface area contributed by atoms with Crippen LogP contribution in [-0.4, -0.2) is 66.1 Å². The molecule has 1 amide bonds. The SMILES string of the molecule is NCC1CCCCC1C(=O)N1CCCN(CC(=O)O)CC1. The number of nitrogens with zero attached hydrogens (tertiary/aromatic N) is 2. The van der Waals surface area contributed by atoms with Crippen LogP contribution in [0.5, 0.6) is 0 Å². The molecule has 1 heterocycles. The van der Waals surface area contributed by atoms with E-state index in [0.29, 0.717) is 25.6 Å². The van der Waals surface area contributed by atoms with Gasteiger partial charge in [0.25, 0.3) is 0 Å². The summed E-state index contributed by atoms with van der Waals surface area (Å²) >= 11 is 0. The molecule has 2 rings (SSSR count). The van der Waals surface area contributed by atoms with E-state index in [1.54, 1.807) is 0 Å². The van der Waals surface area contributed by atoms with Gasteiger partial charge in [0.2, 0.25) is 5.91 Å². The molecule has 2 fully saturated rings. The summed E-state index contributed by atoms with van der Waals surface area (Å²) in [7, 11) is 0. The van der Waals surface area contributed by atoms with Crippen LogP contribution in [0, 0.1) is 11.8 Å². The molecule has 2 unspecified atom stereocenters. The number of carbonyl (C=O) groups excluding carboxylic acids is 1. The van der Waals surface area contributed by atoms with E-state index in [-0.39, 0.29) is 18.4 Å². The van der Waals surface area contributed by atoms with E-state index in [1.807, 2.05) is 9.80 Å². The van der Waals surface area contributed by atoms with E-state index >= 15 is 0 Å². The largest absolute Gasteiger partial charge is 0.480 e. The minimum absolute atomic E-state index is 0.0664. The third kappa shape index (κ3) is 4.41. The van der Waals surface area contributed by atoms with Gasteiger partial charge >= 0.3 is 5.97 Å². The van der Waals surface area contributed by atoms with Crippen LogP contribution in [0.2, 0.25) is 0 Å². The van der Waals surface area contributed by atoms with Crippen molar-refractivity contribution in [2.75, 3.05) is 39.3 Å². The van der Waals surface area contributed by atoms with Crippen molar-refractivity contribution in [3.63, 3.8) is 0 Å². The zero-order valence-electron chi connectivity index (χ0n) is 12.7. The van der Waals surface area contributed by atoms with Crippen LogP contribution < -0.4 is 5.73 Å². The van der Waals surface area contributed by atoms with Gasteiger partial charge in [0, 0.05) is 32.1 Å². The van der Waals surface area contributed by atoms with Crippen molar-refractivity contribution in [3.8, 4) is 0 Å². The molecule has 6 nitrogen and oxygen atoms in total. The molecule has 0 aromatic heterocycles. The van der Waals surface area contributed by atoms with E-state index in [9.17, 15) is 9.59 Å². The van der Waals surface area contributed by atoms with Crippen LogP contribution in [0.4, 0.5) is 0 Å². The fourth-order valence-electron chi connectivity index (χ4n) is 3.59. The molecule has 1 saturated carbocycles. The molecule has 0 bridgehead atoms. The predicted molar refractivity (Wildman–Crippen MR) is 79.8 cm³/mol. The number of carboxylic acids is 1. The van der Waals surface area contributed by atoms with Crippen molar-refractivity contribution < 1.29 is 14.7 Å². The van der Waals surface area contributed by atoms with Crippen LogP contribution >= 0.6 is 0 Å². The van der Waals surface area contributed by atoms with E-state index in [4.69, 9.17) is 10.8 Å². The third-order valence-corrected chi connectivity index (χ3v) is 4.79. The number of hydrogen-bond acceptors (Lipinski definition) is 4. The lowest BCUT2D eigenvalue weighted by atomic mass is 9.78. The molecule has 6 heteroatoms. The van der Waals surface area contributed by atoms with Gasteiger partial charge < -0.3 is 15.7 Å². The van der Waals surface area contributed by atoms with Crippen LogP contribution in [0.15, 0.2) is 0 Å². The molecule has 3 N–H and O–H groups in total. The molecule has 120 valence electrons. The maximum atomic E-state index is 12.7. The molecule has 2 aliphatic rings. The third-order valence-electron chi connectivity index (χ3n) is 4.79. The molecule has 21 heavy (non-hydrogen) atoms. The number of hydrogen-bond donors (Lipinski definition) is 2. The highest BCUT2D eigenvalue weighted by Gasteiger charge is 2.33. The van der Waals surface area contributed by atoms with Gasteiger partial charge in [0.15, 0.2) is 0 Å². The zero-order valence-corrected chi connectivity index (χ0v) is 12.7. The number of carboxylic acid groups (broad SMARTS) is 1. The van der Waals surface area contributed by atoms with Crippen molar-refractivity contribution in [3.05, 3.63) is 0 Å². The first kappa shape index (κ1) is 16.2. The number of rotatable bonds is 4. The normalized spacial score (nSPS) is 28.1. The topological polar surface area (TPSA) is 86.9 Å². The van der Waals surface area contributed by atoms with Crippen molar-refractivity contribution in [1.82, 2.24) is 9.80 Å². The summed E-state index contributed by atoms with van der Waals surface area (Å²) in [4.78, 5) is 27.4. The molecule has 1 aliphatic heterocycles. The second-order valence-electron chi connectivity index (χ2n) is 6.24. The van der Waals surface area contributed by atoms with Crippen molar-refractivity contribution in [2.45, 2.75) is 32.1 Å². The molecular weight excluding hydrogens is 270 g/mol. The van der Waals surface area contributed by atoms with E-state index < -0.39 is 5.97 Å². The highest BCUT2D eigenvalue weighted by atomic mass is 16.4. The van der Waals surface area contributed by atoms with Crippen LogP contribution in [0.1, 0.15) is 32.1 Å². The summed E-state index contributed by atoms with van der Waals surface area (Å²) < 4.78 is 0. The maximum Gasteiger partial charge on any atom is 0.317 e. The first-order valence-corrected chi connectivity index (χ1v) is 8.05. The highest BCUT2D eigenvalue weighted by molar-refractivity contribution is 5.79. The first-order valence-electron chi connectivity index (χ1n) is 8.05. The Balaban J connectivity index is 1.91. The Kier molecular flexibility index (Phi) is 5.99. The fourth-order valence-corrected chi connectivity index (χ4v) is 3.59. The van der Waals surface area contributed by atoms with Crippen molar-refractivity contribution in [2.24, 2.45) is 17.6 Å². The van der Waals surface area contributed by atoms with Gasteiger partial charge in [0.1, 0.15) is 0 Å². The number of aliphatic carboxylic acids is 1. The minimum Gasteiger partial charge on any atom is -0.480 e. The Bertz CT molecular complexity index is 375. The van der Waals surface area contributed by atoms with Gasteiger partial charge in [0.05, 0.1) is 6.54 Å². The summed E-state index contributed by atoms with van der Waals surface area (Å²) in [5, 5.41) is 8.87. The summed E-state index contributed by atoms with van der Waals surface area (Å²) in [6.45, 7) is 3.44. The first-order chi connectivity index (χ1) is 10.1. The van der Waals surface area contributed by atoms with Gasteiger partial charge in [-0.2, -0.15) is 0 Å². The standard InChI is InChI=1S/C15H27N3O3/c16-10-12-4-1-2-5-13(12)15(21)18-7-3-6-17(8-9-18)11-14(19)20/h12-13H,1-11,16H2,(H,19,20). The lowest BCUT2D eigenvalue weighted by molar-refractivity contribution is -0.138.